The van der Waals surface area contributed by atoms with E-state index in [-0.39, 0.29) is 5.54 Å². The standard InChI is InChI=1S/C13H25NO/c1-5-13(2,3)14(4)10-9-11-7-6-8-12(11)15/h11H,5-10H2,1-4H3. The molecule has 0 spiro atoms. The number of hydrogen-bond donors (Lipinski definition) is 0. The Morgan fingerprint density at radius 3 is 2.60 bits per heavy atom. The zero-order valence-electron chi connectivity index (χ0n) is 10.7. The Balaban J connectivity index is 2.33. The van der Waals surface area contributed by atoms with Crippen LogP contribution in [0.1, 0.15) is 52.9 Å². The maximum atomic E-state index is 11.5. The first-order chi connectivity index (χ1) is 6.97. The van der Waals surface area contributed by atoms with Crippen LogP contribution in [0.2, 0.25) is 0 Å². The van der Waals surface area contributed by atoms with Crippen LogP contribution in [-0.2, 0) is 4.79 Å². The Labute approximate surface area is 94.0 Å². The van der Waals surface area contributed by atoms with Gasteiger partial charge in [-0.3, -0.25) is 4.79 Å². The molecule has 2 heteroatoms. The third kappa shape index (κ3) is 3.30. The summed E-state index contributed by atoms with van der Waals surface area (Å²) in [5.41, 5.74) is 0.266. The van der Waals surface area contributed by atoms with Gasteiger partial charge in [0, 0.05) is 17.9 Å². The summed E-state index contributed by atoms with van der Waals surface area (Å²) in [6.07, 6.45) is 5.27. The molecule has 0 N–H and O–H groups in total. The van der Waals surface area contributed by atoms with Gasteiger partial charge in [0.2, 0.25) is 0 Å². The largest absolute Gasteiger partial charge is 0.301 e. The Morgan fingerprint density at radius 2 is 2.13 bits per heavy atom. The second-order valence-electron chi connectivity index (χ2n) is 5.43. The number of rotatable bonds is 5. The molecule has 1 aliphatic rings. The smallest absolute Gasteiger partial charge is 0.136 e. The first-order valence-electron chi connectivity index (χ1n) is 6.21. The average Bonchev–Trinajstić information content (AvgIpc) is 2.60. The molecule has 1 fully saturated rings. The van der Waals surface area contributed by atoms with Crippen LogP contribution >= 0.6 is 0 Å². The van der Waals surface area contributed by atoms with E-state index in [9.17, 15) is 4.79 Å². The molecule has 1 atom stereocenters. The maximum absolute atomic E-state index is 11.5. The molecule has 1 unspecified atom stereocenters. The fourth-order valence-corrected chi connectivity index (χ4v) is 2.12. The first kappa shape index (κ1) is 12.7. The van der Waals surface area contributed by atoms with Crippen LogP contribution in [0.5, 0.6) is 0 Å². The molecule has 0 aromatic heterocycles. The number of carbonyl (C=O) groups excluding carboxylic acids is 1. The summed E-state index contributed by atoms with van der Waals surface area (Å²) >= 11 is 0. The van der Waals surface area contributed by atoms with Gasteiger partial charge in [0.15, 0.2) is 0 Å². The number of hydrogen-bond acceptors (Lipinski definition) is 2. The highest BCUT2D eigenvalue weighted by Crippen LogP contribution is 2.25. The highest BCUT2D eigenvalue weighted by Gasteiger charge is 2.26. The molecule has 0 amide bonds. The molecule has 1 rings (SSSR count). The fourth-order valence-electron chi connectivity index (χ4n) is 2.12. The predicted octanol–water partition coefficient (Wildman–Crippen LogP) is 2.87. The Hall–Kier alpha value is -0.370. The van der Waals surface area contributed by atoms with E-state index in [0.717, 1.165) is 38.6 Å². The molecular formula is C13H25NO. The predicted molar refractivity (Wildman–Crippen MR) is 64.0 cm³/mol. The molecule has 0 saturated heterocycles. The maximum Gasteiger partial charge on any atom is 0.136 e. The molecular weight excluding hydrogens is 186 g/mol. The lowest BCUT2D eigenvalue weighted by Crippen LogP contribution is -2.41. The van der Waals surface area contributed by atoms with Crippen molar-refractivity contribution in [3.63, 3.8) is 0 Å². The van der Waals surface area contributed by atoms with Crippen LogP contribution in [0.3, 0.4) is 0 Å². The highest BCUT2D eigenvalue weighted by atomic mass is 16.1. The topological polar surface area (TPSA) is 20.3 Å². The minimum absolute atomic E-state index is 0.266. The number of ketones is 1. The summed E-state index contributed by atoms with van der Waals surface area (Å²) < 4.78 is 0. The number of Topliss-reactive ketones (excluding diaryl/α,β-unsaturated/α-hetero) is 1. The molecule has 15 heavy (non-hydrogen) atoms. The quantitative estimate of drug-likeness (QED) is 0.697. The zero-order chi connectivity index (χ0) is 11.5. The van der Waals surface area contributed by atoms with Crippen LogP contribution in [0.25, 0.3) is 0 Å². The van der Waals surface area contributed by atoms with E-state index in [1.807, 2.05) is 0 Å². The van der Waals surface area contributed by atoms with Gasteiger partial charge < -0.3 is 4.90 Å². The molecule has 0 aliphatic heterocycles. The molecule has 0 bridgehead atoms. The molecule has 0 heterocycles. The van der Waals surface area contributed by atoms with Crippen LogP contribution in [-0.4, -0.2) is 29.8 Å². The van der Waals surface area contributed by atoms with Crippen molar-refractivity contribution in [3.8, 4) is 0 Å². The minimum Gasteiger partial charge on any atom is -0.301 e. The van der Waals surface area contributed by atoms with E-state index in [0.29, 0.717) is 11.7 Å². The van der Waals surface area contributed by atoms with Gasteiger partial charge in [-0.25, -0.2) is 0 Å². The second kappa shape index (κ2) is 5.11. The summed E-state index contributed by atoms with van der Waals surface area (Å²) in [6.45, 7) is 7.81. The number of carbonyl (C=O) groups is 1. The van der Waals surface area contributed by atoms with E-state index in [4.69, 9.17) is 0 Å². The molecule has 0 aromatic rings. The fraction of sp³-hybridized carbons (Fsp3) is 0.923. The minimum atomic E-state index is 0.266. The van der Waals surface area contributed by atoms with E-state index in [2.05, 4.69) is 32.7 Å². The average molecular weight is 211 g/mol. The monoisotopic (exact) mass is 211 g/mol. The lowest BCUT2D eigenvalue weighted by Gasteiger charge is -2.35. The summed E-state index contributed by atoms with van der Waals surface area (Å²) in [6, 6.07) is 0. The summed E-state index contributed by atoms with van der Waals surface area (Å²) in [5, 5.41) is 0. The van der Waals surface area contributed by atoms with Crippen molar-refractivity contribution < 1.29 is 4.79 Å². The molecule has 1 aliphatic carbocycles. The van der Waals surface area contributed by atoms with E-state index >= 15 is 0 Å². The Morgan fingerprint density at radius 1 is 1.47 bits per heavy atom. The van der Waals surface area contributed by atoms with Crippen molar-refractivity contribution >= 4 is 5.78 Å². The summed E-state index contributed by atoms with van der Waals surface area (Å²) in [5.74, 6) is 0.859. The van der Waals surface area contributed by atoms with Gasteiger partial charge in [-0.2, -0.15) is 0 Å². The van der Waals surface area contributed by atoms with Gasteiger partial charge >= 0.3 is 0 Å². The number of nitrogens with zero attached hydrogens (tertiary/aromatic N) is 1. The van der Waals surface area contributed by atoms with Gasteiger partial charge in [-0.15, -0.1) is 0 Å². The van der Waals surface area contributed by atoms with Gasteiger partial charge in [-0.05, 0) is 53.1 Å². The normalized spacial score (nSPS) is 22.7. The highest BCUT2D eigenvalue weighted by molar-refractivity contribution is 5.82. The van der Waals surface area contributed by atoms with E-state index < -0.39 is 0 Å². The second-order valence-corrected chi connectivity index (χ2v) is 5.43. The van der Waals surface area contributed by atoms with Crippen molar-refractivity contribution in [2.45, 2.75) is 58.4 Å². The lowest BCUT2D eigenvalue weighted by atomic mass is 9.97. The Kier molecular flexibility index (Phi) is 4.32. The van der Waals surface area contributed by atoms with Gasteiger partial charge in [0.1, 0.15) is 5.78 Å². The molecule has 88 valence electrons. The van der Waals surface area contributed by atoms with Crippen molar-refractivity contribution in [1.29, 1.82) is 0 Å². The SMILES string of the molecule is CCC(C)(C)N(C)CCC1CCCC1=O. The van der Waals surface area contributed by atoms with Crippen molar-refractivity contribution in [2.24, 2.45) is 5.92 Å². The van der Waals surface area contributed by atoms with Crippen LogP contribution < -0.4 is 0 Å². The van der Waals surface area contributed by atoms with E-state index in [1.165, 1.54) is 0 Å². The van der Waals surface area contributed by atoms with Crippen molar-refractivity contribution in [1.82, 2.24) is 4.90 Å². The molecule has 0 aromatic carbocycles. The molecule has 0 radical (unpaired) electrons. The third-order valence-electron chi connectivity index (χ3n) is 4.14. The lowest BCUT2D eigenvalue weighted by molar-refractivity contribution is -0.121. The summed E-state index contributed by atoms with van der Waals surface area (Å²) in [7, 11) is 2.17. The van der Waals surface area contributed by atoms with Gasteiger partial charge in [0.05, 0.1) is 0 Å². The first-order valence-corrected chi connectivity index (χ1v) is 6.21. The van der Waals surface area contributed by atoms with Gasteiger partial charge in [0.25, 0.3) is 0 Å². The zero-order valence-corrected chi connectivity index (χ0v) is 10.7. The van der Waals surface area contributed by atoms with Crippen molar-refractivity contribution in [3.05, 3.63) is 0 Å². The third-order valence-corrected chi connectivity index (χ3v) is 4.14. The molecule has 1 saturated carbocycles. The molecule has 2 nitrogen and oxygen atoms in total. The van der Waals surface area contributed by atoms with E-state index in [1.54, 1.807) is 0 Å². The van der Waals surface area contributed by atoms with Crippen LogP contribution in [0, 0.1) is 5.92 Å². The summed E-state index contributed by atoms with van der Waals surface area (Å²) in [4.78, 5) is 13.9. The Bertz CT molecular complexity index is 223. The van der Waals surface area contributed by atoms with Crippen LogP contribution in [0.15, 0.2) is 0 Å². The van der Waals surface area contributed by atoms with Gasteiger partial charge in [-0.1, -0.05) is 6.92 Å². The van der Waals surface area contributed by atoms with Crippen molar-refractivity contribution in [2.75, 3.05) is 13.6 Å². The van der Waals surface area contributed by atoms with Crippen LogP contribution in [0.4, 0.5) is 0 Å².